The number of esters is 1. The SMILES string of the molecule is CC1(C(=O)O)CCC(CS(=O)(=O)c2ccc(C(F)(F)F)cc2)CC1.CCOC(=O)C1(C)CCC(CS(=O)(=O)c2ccc(C(F)(F)F)cc2)CC1. The van der Waals surface area contributed by atoms with Crippen molar-refractivity contribution in [2.24, 2.45) is 22.7 Å². The Kier molecular flexibility index (Phi) is 12.9. The molecule has 2 saturated carbocycles. The Hall–Kier alpha value is -3.14. The summed E-state index contributed by atoms with van der Waals surface area (Å²) in [6.07, 6.45) is -5.05. The number of aliphatic carboxylic acids is 1. The van der Waals surface area contributed by atoms with Crippen LogP contribution in [0.25, 0.3) is 0 Å². The lowest BCUT2D eigenvalue weighted by Gasteiger charge is -2.35. The first kappa shape index (κ1) is 41.3. The van der Waals surface area contributed by atoms with Crippen LogP contribution in [0.5, 0.6) is 0 Å². The van der Waals surface area contributed by atoms with Gasteiger partial charge in [0.15, 0.2) is 19.7 Å². The number of ether oxygens (including phenoxy) is 1. The van der Waals surface area contributed by atoms with Crippen molar-refractivity contribution >= 4 is 31.6 Å². The topological polar surface area (TPSA) is 132 Å². The van der Waals surface area contributed by atoms with E-state index in [0.717, 1.165) is 48.5 Å². The molecule has 0 spiro atoms. The van der Waals surface area contributed by atoms with Gasteiger partial charge in [-0.05, 0) is 133 Å². The largest absolute Gasteiger partial charge is 0.481 e. The molecule has 0 saturated heterocycles. The Labute approximate surface area is 288 Å². The van der Waals surface area contributed by atoms with E-state index in [2.05, 4.69) is 0 Å². The summed E-state index contributed by atoms with van der Waals surface area (Å²) in [5, 5.41) is 9.18. The lowest BCUT2D eigenvalue weighted by atomic mass is 9.72. The van der Waals surface area contributed by atoms with E-state index in [4.69, 9.17) is 4.74 Å². The van der Waals surface area contributed by atoms with E-state index >= 15 is 0 Å². The number of alkyl halides is 6. The number of carbonyl (C=O) groups excluding carboxylic acids is 1. The van der Waals surface area contributed by atoms with Crippen molar-refractivity contribution in [3.63, 3.8) is 0 Å². The summed E-state index contributed by atoms with van der Waals surface area (Å²) in [5.41, 5.74) is -3.19. The summed E-state index contributed by atoms with van der Waals surface area (Å²) in [6.45, 7) is 5.52. The summed E-state index contributed by atoms with van der Waals surface area (Å²) in [5.74, 6) is -1.74. The monoisotopic (exact) mass is 756 g/mol. The van der Waals surface area contributed by atoms with Crippen molar-refractivity contribution in [1.29, 1.82) is 0 Å². The number of carbonyl (C=O) groups is 2. The van der Waals surface area contributed by atoms with Crippen LogP contribution in [0, 0.1) is 22.7 Å². The number of carboxylic acids is 1. The molecule has 2 aromatic rings. The van der Waals surface area contributed by atoms with Gasteiger partial charge in [-0.15, -0.1) is 0 Å². The summed E-state index contributed by atoms with van der Waals surface area (Å²) >= 11 is 0. The van der Waals surface area contributed by atoms with Crippen LogP contribution in [-0.2, 0) is 46.4 Å². The molecule has 0 amide bonds. The van der Waals surface area contributed by atoms with Crippen molar-refractivity contribution in [3.8, 4) is 0 Å². The van der Waals surface area contributed by atoms with Crippen molar-refractivity contribution in [1.82, 2.24) is 0 Å². The molecule has 0 unspecified atom stereocenters. The quantitative estimate of drug-likeness (QED) is 0.201. The Bertz CT molecular complexity index is 1690. The minimum absolute atomic E-state index is 0.107. The second kappa shape index (κ2) is 15.6. The van der Waals surface area contributed by atoms with E-state index in [1.807, 2.05) is 6.92 Å². The van der Waals surface area contributed by atoms with Gasteiger partial charge in [-0.25, -0.2) is 16.8 Å². The lowest BCUT2D eigenvalue weighted by molar-refractivity contribution is -0.156. The number of carboxylic acid groups (broad SMARTS) is 1. The number of sulfone groups is 2. The predicted molar refractivity (Wildman–Crippen MR) is 171 cm³/mol. The number of hydrogen-bond acceptors (Lipinski definition) is 7. The third kappa shape index (κ3) is 10.7. The minimum Gasteiger partial charge on any atom is -0.481 e. The van der Waals surface area contributed by atoms with Gasteiger partial charge in [0.2, 0.25) is 0 Å². The van der Waals surface area contributed by atoms with Gasteiger partial charge in [0.1, 0.15) is 0 Å². The molecule has 0 aromatic heterocycles. The van der Waals surface area contributed by atoms with Crippen LogP contribution in [0.15, 0.2) is 58.3 Å². The van der Waals surface area contributed by atoms with Crippen molar-refractivity contribution in [3.05, 3.63) is 59.7 Å². The highest BCUT2D eigenvalue weighted by Gasteiger charge is 2.41. The predicted octanol–water partition coefficient (Wildman–Crippen LogP) is 8.00. The van der Waals surface area contributed by atoms with E-state index in [0.29, 0.717) is 58.0 Å². The molecule has 0 bridgehead atoms. The smallest absolute Gasteiger partial charge is 0.416 e. The second-order valence-electron chi connectivity index (χ2n) is 13.6. The molecule has 4 rings (SSSR count). The van der Waals surface area contributed by atoms with Crippen molar-refractivity contribution in [2.75, 3.05) is 18.1 Å². The fourth-order valence-electron chi connectivity index (χ4n) is 6.20. The first-order valence-corrected chi connectivity index (χ1v) is 19.4. The summed E-state index contributed by atoms with van der Waals surface area (Å²) in [7, 11) is -7.37. The molecule has 2 aliphatic rings. The van der Waals surface area contributed by atoms with Crippen molar-refractivity contribution < 1.29 is 62.6 Å². The zero-order chi connectivity index (χ0) is 37.8. The molecule has 0 aliphatic heterocycles. The first-order chi connectivity index (χ1) is 22.9. The van der Waals surface area contributed by atoms with Gasteiger partial charge in [-0.1, -0.05) is 0 Å². The number of rotatable bonds is 9. The van der Waals surface area contributed by atoms with Gasteiger partial charge in [0.05, 0.1) is 49.9 Å². The van der Waals surface area contributed by atoms with Crippen LogP contribution < -0.4 is 0 Å². The molecule has 280 valence electrons. The third-order valence-corrected chi connectivity index (χ3v) is 13.5. The van der Waals surface area contributed by atoms with Crippen LogP contribution >= 0.6 is 0 Å². The molecule has 50 heavy (non-hydrogen) atoms. The normalized spacial score (nSPS) is 24.8. The molecule has 0 heterocycles. The van der Waals surface area contributed by atoms with Crippen LogP contribution in [0.3, 0.4) is 0 Å². The fraction of sp³-hybridized carbons (Fsp3) is 0.588. The molecular weight excluding hydrogens is 714 g/mol. The summed E-state index contributed by atoms with van der Waals surface area (Å²) < 4.78 is 130. The maximum Gasteiger partial charge on any atom is 0.416 e. The molecule has 16 heteroatoms. The maximum atomic E-state index is 12.6. The van der Waals surface area contributed by atoms with Crippen LogP contribution in [0.4, 0.5) is 26.3 Å². The van der Waals surface area contributed by atoms with Gasteiger partial charge in [-0.3, -0.25) is 9.59 Å². The highest BCUT2D eigenvalue weighted by atomic mass is 32.2. The van der Waals surface area contributed by atoms with Gasteiger partial charge in [0.25, 0.3) is 0 Å². The third-order valence-electron chi connectivity index (χ3n) is 9.69. The Morgan fingerprint density at radius 3 is 1.28 bits per heavy atom. The first-order valence-electron chi connectivity index (χ1n) is 16.1. The highest BCUT2D eigenvalue weighted by Crippen LogP contribution is 2.42. The average molecular weight is 757 g/mol. The molecule has 8 nitrogen and oxygen atoms in total. The van der Waals surface area contributed by atoms with Gasteiger partial charge < -0.3 is 9.84 Å². The molecule has 0 radical (unpaired) electrons. The van der Waals surface area contributed by atoms with Crippen LogP contribution in [-0.4, -0.2) is 52.0 Å². The highest BCUT2D eigenvalue weighted by molar-refractivity contribution is 7.91. The number of halogens is 6. The Balaban J connectivity index is 0.000000271. The van der Waals surface area contributed by atoms with E-state index < -0.39 is 60.0 Å². The minimum atomic E-state index is -4.51. The Morgan fingerprint density at radius 1 is 0.680 bits per heavy atom. The summed E-state index contributed by atoms with van der Waals surface area (Å²) in [4.78, 5) is 23.0. The fourth-order valence-corrected chi connectivity index (χ4v) is 9.60. The second-order valence-corrected chi connectivity index (χ2v) is 17.7. The average Bonchev–Trinajstić information content (AvgIpc) is 3.03. The van der Waals surface area contributed by atoms with E-state index in [9.17, 15) is 57.9 Å². The van der Waals surface area contributed by atoms with Crippen molar-refractivity contribution in [2.45, 2.75) is 94.3 Å². The van der Waals surface area contributed by atoms with Gasteiger partial charge >= 0.3 is 24.3 Å². The molecule has 2 aliphatic carbocycles. The zero-order valence-electron chi connectivity index (χ0n) is 27.9. The number of hydrogen-bond donors (Lipinski definition) is 1. The molecule has 2 aromatic carbocycles. The van der Waals surface area contributed by atoms with E-state index in [1.54, 1.807) is 13.8 Å². The van der Waals surface area contributed by atoms with E-state index in [-0.39, 0.29) is 39.1 Å². The molecule has 2 fully saturated rings. The van der Waals surface area contributed by atoms with Gasteiger partial charge in [-0.2, -0.15) is 26.3 Å². The molecule has 0 atom stereocenters. The van der Waals surface area contributed by atoms with Gasteiger partial charge in [0, 0.05) is 0 Å². The Morgan fingerprint density at radius 2 is 1.00 bits per heavy atom. The van der Waals surface area contributed by atoms with E-state index in [1.165, 1.54) is 0 Å². The zero-order valence-corrected chi connectivity index (χ0v) is 29.6. The van der Waals surface area contributed by atoms with Crippen LogP contribution in [0.2, 0.25) is 0 Å². The lowest BCUT2D eigenvalue weighted by Crippen LogP contribution is -2.35. The number of benzene rings is 2. The maximum absolute atomic E-state index is 12.6. The molecular formula is C34H42F6O8S2. The summed E-state index contributed by atoms with van der Waals surface area (Å²) in [6, 6.07) is 7.04. The van der Waals surface area contributed by atoms with Crippen LogP contribution in [0.1, 0.15) is 83.3 Å². The standard InChI is InChI=1S/C18H23F3O4S.C16H19F3O4S/c1-3-25-16(22)17(2)10-8-13(9-11-17)12-26(23,24)15-6-4-14(5-7-15)18(19,20)21;1-15(14(20)21)8-6-11(7-9-15)10-24(22,23)13-4-2-12(3-5-13)16(17,18)19/h4-7,13H,3,8-12H2,1-2H3;2-5,11H,6-10H2,1H3,(H,20,21). The molecule has 1 N–H and O–H groups in total.